The summed E-state index contributed by atoms with van der Waals surface area (Å²) in [5.41, 5.74) is 3.34. The molecule has 0 aliphatic carbocycles. The topological polar surface area (TPSA) is 56.2 Å². The molecule has 1 aromatic heterocycles. The maximum absolute atomic E-state index is 11.5. The lowest BCUT2D eigenvalue weighted by Crippen LogP contribution is -2.23. The molecule has 0 fully saturated rings. The van der Waals surface area contributed by atoms with Crippen molar-refractivity contribution in [3.8, 4) is 5.75 Å². The van der Waals surface area contributed by atoms with E-state index < -0.39 is 0 Å². The van der Waals surface area contributed by atoms with Crippen LogP contribution in [0.15, 0.2) is 48.5 Å². The van der Waals surface area contributed by atoms with Crippen molar-refractivity contribution >= 4 is 16.9 Å². The Kier molecular flexibility index (Phi) is 7.68. The van der Waals surface area contributed by atoms with Gasteiger partial charge >= 0.3 is 0 Å². The van der Waals surface area contributed by atoms with Crippen LogP contribution in [0.5, 0.6) is 5.75 Å². The smallest absolute Gasteiger partial charge is 0.219 e. The Morgan fingerprint density at radius 2 is 1.86 bits per heavy atom. The number of nitrogens with zero attached hydrogens (tertiary/aromatic N) is 2. The molecule has 3 aromatic rings. The van der Waals surface area contributed by atoms with Crippen molar-refractivity contribution in [2.24, 2.45) is 0 Å². The van der Waals surface area contributed by atoms with Gasteiger partial charge in [0.2, 0.25) is 5.91 Å². The number of benzene rings is 2. The molecule has 0 saturated carbocycles. The van der Waals surface area contributed by atoms with Crippen LogP contribution in [0.1, 0.15) is 50.4 Å². The number of amides is 1. The molecule has 2 aromatic carbocycles. The molecule has 0 unspecified atom stereocenters. The summed E-state index contributed by atoms with van der Waals surface area (Å²) in [4.78, 5) is 16.4. The predicted octanol–water partition coefficient (Wildman–Crippen LogP) is 4.72. The van der Waals surface area contributed by atoms with Crippen LogP contribution in [-0.2, 0) is 17.8 Å². The number of unbranched alkanes of at least 4 members (excludes halogenated alkanes) is 2. The average Bonchev–Trinajstić information content (AvgIpc) is 3.08. The maximum atomic E-state index is 11.5. The van der Waals surface area contributed by atoms with Crippen LogP contribution in [0.4, 0.5) is 0 Å². The van der Waals surface area contributed by atoms with Crippen LogP contribution in [0, 0.1) is 0 Å². The molecule has 29 heavy (non-hydrogen) atoms. The van der Waals surface area contributed by atoms with E-state index in [4.69, 9.17) is 9.72 Å². The SMILES string of the molecule is CCCC(=O)NCCCCCc1nc2ccccc2n1Cc1ccccc1OC. The van der Waals surface area contributed by atoms with Gasteiger partial charge in [-0.05, 0) is 37.5 Å². The van der Waals surface area contributed by atoms with Gasteiger partial charge in [0.25, 0.3) is 0 Å². The van der Waals surface area contributed by atoms with Gasteiger partial charge in [-0.15, -0.1) is 0 Å². The second-order valence-electron chi connectivity index (χ2n) is 7.33. The quantitative estimate of drug-likeness (QED) is 0.480. The Morgan fingerprint density at radius 1 is 1.07 bits per heavy atom. The Balaban J connectivity index is 1.65. The fraction of sp³-hybridized carbons (Fsp3) is 0.417. The zero-order valence-electron chi connectivity index (χ0n) is 17.5. The molecule has 5 heteroatoms. The summed E-state index contributed by atoms with van der Waals surface area (Å²) in [7, 11) is 1.71. The van der Waals surface area contributed by atoms with Crippen molar-refractivity contribution in [2.75, 3.05) is 13.7 Å². The van der Waals surface area contributed by atoms with Crippen LogP contribution in [0.2, 0.25) is 0 Å². The number of fused-ring (bicyclic) bond motifs is 1. The average molecular weight is 394 g/mol. The van der Waals surface area contributed by atoms with E-state index >= 15 is 0 Å². The fourth-order valence-electron chi connectivity index (χ4n) is 3.62. The summed E-state index contributed by atoms with van der Waals surface area (Å²) < 4.78 is 7.84. The summed E-state index contributed by atoms with van der Waals surface area (Å²) in [5, 5.41) is 2.99. The largest absolute Gasteiger partial charge is 0.496 e. The Morgan fingerprint density at radius 3 is 2.69 bits per heavy atom. The number of methoxy groups -OCH3 is 1. The number of carbonyl (C=O) groups excluding carboxylic acids is 1. The van der Waals surface area contributed by atoms with Gasteiger partial charge in [-0.3, -0.25) is 4.79 Å². The normalized spacial score (nSPS) is 11.0. The van der Waals surface area contributed by atoms with E-state index in [2.05, 4.69) is 34.1 Å². The van der Waals surface area contributed by atoms with Crippen molar-refractivity contribution in [1.29, 1.82) is 0 Å². The van der Waals surface area contributed by atoms with Gasteiger partial charge in [0.15, 0.2) is 0 Å². The summed E-state index contributed by atoms with van der Waals surface area (Å²) in [6.45, 7) is 3.53. The third kappa shape index (κ3) is 5.59. The fourth-order valence-corrected chi connectivity index (χ4v) is 3.62. The summed E-state index contributed by atoms with van der Waals surface area (Å²) in [6, 6.07) is 16.4. The van der Waals surface area contributed by atoms with Gasteiger partial charge in [0.05, 0.1) is 24.7 Å². The molecule has 1 N–H and O–H groups in total. The molecule has 5 nitrogen and oxygen atoms in total. The Labute approximate surface area is 173 Å². The van der Waals surface area contributed by atoms with Crippen molar-refractivity contribution in [1.82, 2.24) is 14.9 Å². The zero-order chi connectivity index (χ0) is 20.5. The summed E-state index contributed by atoms with van der Waals surface area (Å²) in [5.74, 6) is 2.16. The van der Waals surface area contributed by atoms with Crippen LogP contribution >= 0.6 is 0 Å². The molecule has 0 saturated heterocycles. The number of aryl methyl sites for hydroxylation is 1. The minimum Gasteiger partial charge on any atom is -0.496 e. The van der Waals surface area contributed by atoms with Gasteiger partial charge in [-0.25, -0.2) is 4.98 Å². The molecule has 0 atom stereocenters. The van der Waals surface area contributed by atoms with Crippen LogP contribution in [0.3, 0.4) is 0 Å². The first-order chi connectivity index (χ1) is 14.2. The third-order valence-corrected chi connectivity index (χ3v) is 5.13. The van der Waals surface area contributed by atoms with E-state index in [-0.39, 0.29) is 5.91 Å². The molecular weight excluding hydrogens is 362 g/mol. The van der Waals surface area contributed by atoms with Gasteiger partial charge in [-0.1, -0.05) is 43.7 Å². The van der Waals surface area contributed by atoms with E-state index in [0.717, 1.165) is 73.4 Å². The second-order valence-corrected chi connectivity index (χ2v) is 7.33. The number of ether oxygens (including phenoxy) is 1. The van der Waals surface area contributed by atoms with Crippen molar-refractivity contribution in [3.63, 3.8) is 0 Å². The van der Waals surface area contributed by atoms with Gasteiger partial charge in [-0.2, -0.15) is 0 Å². The second kappa shape index (κ2) is 10.6. The molecule has 0 spiro atoms. The van der Waals surface area contributed by atoms with E-state index in [1.54, 1.807) is 7.11 Å². The number of aromatic nitrogens is 2. The molecular formula is C24H31N3O2. The monoisotopic (exact) mass is 393 g/mol. The molecule has 3 rings (SSSR count). The highest BCUT2D eigenvalue weighted by molar-refractivity contribution is 5.76. The maximum Gasteiger partial charge on any atom is 0.219 e. The van der Waals surface area contributed by atoms with E-state index in [0.29, 0.717) is 6.42 Å². The highest BCUT2D eigenvalue weighted by Crippen LogP contribution is 2.23. The predicted molar refractivity (Wildman–Crippen MR) is 117 cm³/mol. The first kappa shape index (κ1) is 20.9. The van der Waals surface area contributed by atoms with Crippen molar-refractivity contribution in [3.05, 3.63) is 59.9 Å². The number of carbonyl (C=O) groups is 1. The number of para-hydroxylation sites is 3. The van der Waals surface area contributed by atoms with E-state index in [1.807, 2.05) is 31.2 Å². The molecule has 0 aliphatic rings. The number of hydrogen-bond donors (Lipinski definition) is 1. The highest BCUT2D eigenvalue weighted by Gasteiger charge is 2.12. The van der Waals surface area contributed by atoms with Crippen molar-refractivity contribution in [2.45, 2.75) is 52.0 Å². The number of nitrogens with one attached hydrogen (secondary N) is 1. The lowest BCUT2D eigenvalue weighted by Gasteiger charge is -2.12. The summed E-state index contributed by atoms with van der Waals surface area (Å²) >= 11 is 0. The van der Waals surface area contributed by atoms with Gasteiger partial charge in [0, 0.05) is 24.9 Å². The first-order valence-electron chi connectivity index (χ1n) is 10.6. The number of hydrogen-bond acceptors (Lipinski definition) is 3. The third-order valence-electron chi connectivity index (χ3n) is 5.13. The number of imidazole rings is 1. The minimum absolute atomic E-state index is 0.158. The van der Waals surface area contributed by atoms with E-state index in [9.17, 15) is 4.79 Å². The Bertz CT molecular complexity index is 933. The highest BCUT2D eigenvalue weighted by atomic mass is 16.5. The standard InChI is InChI=1S/C24H31N3O2/c1-3-11-24(28)25-17-10-4-5-16-23-26-20-13-7-8-14-21(20)27(23)18-19-12-6-9-15-22(19)29-2/h6-9,12-15H,3-5,10-11,16-18H2,1-2H3,(H,25,28). The lowest BCUT2D eigenvalue weighted by molar-refractivity contribution is -0.121. The lowest BCUT2D eigenvalue weighted by atomic mass is 10.1. The summed E-state index contributed by atoms with van der Waals surface area (Å²) in [6.07, 6.45) is 5.57. The molecule has 154 valence electrons. The van der Waals surface area contributed by atoms with Gasteiger partial charge in [0.1, 0.15) is 11.6 Å². The minimum atomic E-state index is 0.158. The van der Waals surface area contributed by atoms with Crippen molar-refractivity contribution < 1.29 is 9.53 Å². The molecule has 0 aliphatic heterocycles. The van der Waals surface area contributed by atoms with Crippen LogP contribution in [0.25, 0.3) is 11.0 Å². The Hall–Kier alpha value is -2.82. The van der Waals surface area contributed by atoms with Gasteiger partial charge < -0.3 is 14.6 Å². The van der Waals surface area contributed by atoms with Crippen LogP contribution in [-0.4, -0.2) is 29.1 Å². The molecule has 1 amide bonds. The number of rotatable bonds is 11. The molecule has 0 bridgehead atoms. The molecule has 0 radical (unpaired) electrons. The zero-order valence-corrected chi connectivity index (χ0v) is 17.5. The van der Waals surface area contributed by atoms with E-state index in [1.165, 1.54) is 0 Å². The first-order valence-corrected chi connectivity index (χ1v) is 10.6. The molecule has 1 heterocycles. The van der Waals surface area contributed by atoms with Crippen LogP contribution < -0.4 is 10.1 Å².